The van der Waals surface area contributed by atoms with Crippen LogP contribution in [0.15, 0.2) is 36.4 Å². The first-order valence-electron chi connectivity index (χ1n) is 6.85. The molecule has 3 aromatic rings. The van der Waals surface area contributed by atoms with E-state index in [9.17, 15) is 0 Å². The second kappa shape index (κ2) is 5.48. The number of aryl methyl sites for hydroxylation is 3. The number of halogens is 1. The van der Waals surface area contributed by atoms with Crippen LogP contribution < -0.4 is 0 Å². The highest BCUT2D eigenvalue weighted by Crippen LogP contribution is 2.25. The van der Waals surface area contributed by atoms with E-state index in [1.165, 1.54) is 0 Å². The second-order valence-corrected chi connectivity index (χ2v) is 5.67. The molecular weight excluding hydrogens is 328 g/mol. The van der Waals surface area contributed by atoms with Crippen molar-refractivity contribution in [2.75, 3.05) is 0 Å². The number of hydrogen-bond acceptors (Lipinski definition) is 2. The van der Waals surface area contributed by atoms with E-state index in [-0.39, 0.29) is 0 Å². The lowest BCUT2D eigenvalue weighted by Gasteiger charge is -2.10. The number of aromatic nitrogens is 4. The smallest absolute Gasteiger partial charge is 0.161 e. The minimum absolute atomic E-state index is 0.749. The average molecular weight is 345 g/mol. The maximum Gasteiger partial charge on any atom is 0.161 e. The number of para-hydroxylation sites is 1. The molecule has 0 spiro atoms. The summed E-state index contributed by atoms with van der Waals surface area (Å²) < 4.78 is 3.93. The Hall–Kier alpha value is -1.88. The molecule has 3 rings (SSSR count). The molecule has 0 unspecified atom stereocenters. The summed E-state index contributed by atoms with van der Waals surface area (Å²) in [6.45, 7) is 6.11. The summed E-state index contributed by atoms with van der Waals surface area (Å²) in [4.78, 5) is 0. The van der Waals surface area contributed by atoms with Crippen LogP contribution in [-0.2, 0) is 5.33 Å². The molecule has 0 N–H and O–H groups in total. The van der Waals surface area contributed by atoms with Crippen LogP contribution in [0.4, 0.5) is 0 Å². The molecule has 0 aliphatic heterocycles. The molecule has 108 valence electrons. The van der Waals surface area contributed by atoms with Crippen molar-refractivity contribution in [3.05, 3.63) is 59.0 Å². The molecule has 2 heterocycles. The van der Waals surface area contributed by atoms with Gasteiger partial charge in [-0.3, -0.25) is 0 Å². The zero-order chi connectivity index (χ0) is 15.0. The lowest BCUT2D eigenvalue weighted by atomic mass is 10.2. The predicted octanol–water partition coefficient (Wildman–Crippen LogP) is 3.88. The molecule has 5 heteroatoms. The van der Waals surface area contributed by atoms with Gasteiger partial charge >= 0.3 is 0 Å². The zero-order valence-electron chi connectivity index (χ0n) is 12.3. The number of alkyl halides is 1. The molecule has 1 aromatic carbocycles. The van der Waals surface area contributed by atoms with Gasteiger partial charge in [-0.2, -0.15) is 10.2 Å². The van der Waals surface area contributed by atoms with Gasteiger partial charge in [0.05, 0.1) is 17.1 Å². The van der Waals surface area contributed by atoms with Crippen LogP contribution in [0.3, 0.4) is 0 Å². The van der Waals surface area contributed by atoms with Crippen molar-refractivity contribution in [2.24, 2.45) is 0 Å². The van der Waals surface area contributed by atoms with Gasteiger partial charge < -0.3 is 0 Å². The first-order valence-corrected chi connectivity index (χ1v) is 7.97. The topological polar surface area (TPSA) is 35.6 Å². The molecule has 0 radical (unpaired) electrons. The third kappa shape index (κ3) is 2.42. The Morgan fingerprint density at radius 2 is 1.71 bits per heavy atom. The summed E-state index contributed by atoms with van der Waals surface area (Å²) in [6, 6.07) is 12.2. The minimum Gasteiger partial charge on any atom is -0.219 e. The molecule has 0 fully saturated rings. The van der Waals surface area contributed by atoms with Crippen LogP contribution in [0.25, 0.3) is 11.5 Å². The van der Waals surface area contributed by atoms with Crippen molar-refractivity contribution < 1.29 is 0 Å². The lowest BCUT2D eigenvalue weighted by Crippen LogP contribution is -2.09. The van der Waals surface area contributed by atoms with Crippen molar-refractivity contribution in [3.8, 4) is 11.5 Å². The summed E-state index contributed by atoms with van der Waals surface area (Å²) in [7, 11) is 0. The molecular formula is C16H17BrN4. The minimum atomic E-state index is 0.749. The van der Waals surface area contributed by atoms with E-state index in [1.807, 2.05) is 41.4 Å². The predicted molar refractivity (Wildman–Crippen MR) is 87.5 cm³/mol. The Bertz CT molecular complexity index is 771. The quantitative estimate of drug-likeness (QED) is 0.676. The first-order chi connectivity index (χ1) is 10.1. The number of benzene rings is 1. The van der Waals surface area contributed by atoms with Gasteiger partial charge in [0.2, 0.25) is 0 Å². The standard InChI is InChI=1S/C16H17BrN4/c1-11-9-12(2)20(18-11)16-15(10-17)13(3)19-21(16)14-7-5-4-6-8-14/h4-9H,10H2,1-3H3. The SMILES string of the molecule is Cc1cc(C)n(-c2c(CBr)c(C)nn2-c2ccccc2)n1. The van der Waals surface area contributed by atoms with E-state index in [0.29, 0.717) is 0 Å². The number of rotatable bonds is 3. The van der Waals surface area contributed by atoms with E-state index in [2.05, 4.69) is 46.2 Å². The summed E-state index contributed by atoms with van der Waals surface area (Å²) in [6.07, 6.45) is 0. The highest BCUT2D eigenvalue weighted by molar-refractivity contribution is 9.08. The van der Waals surface area contributed by atoms with E-state index >= 15 is 0 Å². The van der Waals surface area contributed by atoms with E-state index in [1.54, 1.807) is 0 Å². The zero-order valence-corrected chi connectivity index (χ0v) is 13.9. The van der Waals surface area contributed by atoms with Gasteiger partial charge in [-0.25, -0.2) is 9.36 Å². The second-order valence-electron chi connectivity index (χ2n) is 5.11. The van der Waals surface area contributed by atoms with E-state index in [0.717, 1.165) is 39.5 Å². The molecule has 2 aromatic heterocycles. The fourth-order valence-electron chi connectivity index (χ4n) is 2.51. The van der Waals surface area contributed by atoms with Crippen molar-refractivity contribution in [1.82, 2.24) is 19.6 Å². The summed E-state index contributed by atoms with van der Waals surface area (Å²) in [5, 5.41) is 10.1. The summed E-state index contributed by atoms with van der Waals surface area (Å²) >= 11 is 3.58. The Morgan fingerprint density at radius 3 is 2.29 bits per heavy atom. The van der Waals surface area contributed by atoms with Gasteiger partial charge in [-0.1, -0.05) is 34.1 Å². The molecule has 0 aliphatic rings. The van der Waals surface area contributed by atoms with Gasteiger partial charge in [-0.05, 0) is 39.0 Å². The van der Waals surface area contributed by atoms with Crippen molar-refractivity contribution >= 4 is 15.9 Å². The highest BCUT2D eigenvalue weighted by Gasteiger charge is 2.19. The Morgan fingerprint density at radius 1 is 1.00 bits per heavy atom. The van der Waals surface area contributed by atoms with Gasteiger partial charge in [0.1, 0.15) is 0 Å². The Labute approximate surface area is 132 Å². The van der Waals surface area contributed by atoms with Crippen LogP contribution in [0, 0.1) is 20.8 Å². The molecule has 0 saturated carbocycles. The largest absolute Gasteiger partial charge is 0.219 e. The van der Waals surface area contributed by atoms with Crippen LogP contribution in [0.1, 0.15) is 22.6 Å². The maximum absolute atomic E-state index is 4.70. The first kappa shape index (κ1) is 14.1. The fraction of sp³-hybridized carbons (Fsp3) is 0.250. The molecule has 0 amide bonds. The lowest BCUT2D eigenvalue weighted by molar-refractivity contribution is 0.738. The van der Waals surface area contributed by atoms with Crippen LogP contribution >= 0.6 is 15.9 Å². The molecule has 0 aliphatic carbocycles. The van der Waals surface area contributed by atoms with E-state index in [4.69, 9.17) is 5.10 Å². The average Bonchev–Trinajstić information content (AvgIpc) is 2.98. The fourth-order valence-corrected chi connectivity index (χ4v) is 3.17. The van der Waals surface area contributed by atoms with Crippen LogP contribution in [0.2, 0.25) is 0 Å². The van der Waals surface area contributed by atoms with E-state index < -0.39 is 0 Å². The van der Waals surface area contributed by atoms with Crippen LogP contribution in [-0.4, -0.2) is 19.6 Å². The van der Waals surface area contributed by atoms with Crippen molar-refractivity contribution in [2.45, 2.75) is 26.1 Å². The Kier molecular flexibility index (Phi) is 3.68. The molecule has 4 nitrogen and oxygen atoms in total. The Balaban J connectivity index is 2.30. The van der Waals surface area contributed by atoms with Crippen LogP contribution in [0.5, 0.6) is 0 Å². The molecule has 21 heavy (non-hydrogen) atoms. The highest BCUT2D eigenvalue weighted by atomic mass is 79.9. The molecule has 0 atom stereocenters. The summed E-state index contributed by atoms with van der Waals surface area (Å²) in [5.41, 5.74) is 5.32. The number of nitrogens with zero attached hydrogens (tertiary/aromatic N) is 4. The van der Waals surface area contributed by atoms with Gasteiger partial charge in [0.15, 0.2) is 5.82 Å². The monoisotopic (exact) mass is 344 g/mol. The van der Waals surface area contributed by atoms with Gasteiger partial charge in [0.25, 0.3) is 0 Å². The maximum atomic E-state index is 4.70. The van der Waals surface area contributed by atoms with Gasteiger partial charge in [-0.15, -0.1) is 0 Å². The molecule has 0 bridgehead atoms. The summed E-state index contributed by atoms with van der Waals surface area (Å²) in [5.74, 6) is 1.00. The van der Waals surface area contributed by atoms with Gasteiger partial charge in [0, 0.05) is 16.6 Å². The molecule has 0 saturated heterocycles. The normalized spacial score (nSPS) is 11.0. The third-order valence-corrected chi connectivity index (χ3v) is 4.06. The van der Waals surface area contributed by atoms with Crippen molar-refractivity contribution in [3.63, 3.8) is 0 Å². The van der Waals surface area contributed by atoms with Crippen molar-refractivity contribution in [1.29, 1.82) is 0 Å². The number of hydrogen-bond donors (Lipinski definition) is 0. The third-order valence-electron chi connectivity index (χ3n) is 3.50.